The van der Waals surface area contributed by atoms with Gasteiger partial charge in [-0.1, -0.05) is 6.07 Å². The number of hydrogen-bond acceptors (Lipinski definition) is 3. The zero-order valence-electron chi connectivity index (χ0n) is 12.8. The number of aryl methyl sites for hydroxylation is 2. The molecule has 0 saturated heterocycles. The van der Waals surface area contributed by atoms with Gasteiger partial charge in [0.05, 0.1) is 11.9 Å². The van der Waals surface area contributed by atoms with Crippen LogP contribution < -0.4 is 10.6 Å². The molecule has 112 valence electrons. The highest BCUT2D eigenvalue weighted by Gasteiger charge is 2.10. The molecule has 0 aliphatic rings. The molecule has 1 atom stereocenters. The SMILES string of the molecule is Cc1cc(C)cc(N(C)CCC(N)c2ccc(F)cn2)c1. The highest BCUT2D eigenvalue weighted by atomic mass is 19.1. The van der Waals surface area contributed by atoms with Gasteiger partial charge in [-0.05, 0) is 55.7 Å². The van der Waals surface area contributed by atoms with Gasteiger partial charge < -0.3 is 10.6 Å². The number of nitrogens with two attached hydrogens (primary N) is 1. The Hall–Kier alpha value is -1.94. The average Bonchev–Trinajstić information content (AvgIpc) is 2.44. The summed E-state index contributed by atoms with van der Waals surface area (Å²) in [6.45, 7) is 5.01. The Bertz CT molecular complexity index is 575. The molecule has 0 spiro atoms. The van der Waals surface area contributed by atoms with Crippen LogP contribution in [-0.4, -0.2) is 18.6 Å². The normalized spacial score (nSPS) is 12.2. The largest absolute Gasteiger partial charge is 0.375 e. The summed E-state index contributed by atoms with van der Waals surface area (Å²) in [7, 11) is 2.05. The molecule has 1 aromatic heterocycles. The first kappa shape index (κ1) is 15.4. The summed E-state index contributed by atoms with van der Waals surface area (Å²) in [5.74, 6) is -0.335. The minimum Gasteiger partial charge on any atom is -0.375 e. The van der Waals surface area contributed by atoms with Crippen molar-refractivity contribution in [1.29, 1.82) is 0 Å². The molecule has 4 heteroatoms. The monoisotopic (exact) mass is 287 g/mol. The van der Waals surface area contributed by atoms with Crippen LogP contribution in [0, 0.1) is 19.7 Å². The van der Waals surface area contributed by atoms with Crippen LogP contribution in [0.15, 0.2) is 36.5 Å². The van der Waals surface area contributed by atoms with Crippen molar-refractivity contribution >= 4 is 5.69 Å². The predicted molar refractivity (Wildman–Crippen MR) is 84.9 cm³/mol. The van der Waals surface area contributed by atoms with E-state index in [1.807, 2.05) is 0 Å². The minimum atomic E-state index is -0.335. The van der Waals surface area contributed by atoms with Crippen LogP contribution >= 0.6 is 0 Å². The maximum Gasteiger partial charge on any atom is 0.141 e. The van der Waals surface area contributed by atoms with Crippen molar-refractivity contribution in [3.63, 3.8) is 0 Å². The quantitative estimate of drug-likeness (QED) is 0.917. The van der Waals surface area contributed by atoms with Gasteiger partial charge in [-0.25, -0.2) is 4.39 Å². The predicted octanol–water partition coefficient (Wildman–Crippen LogP) is 3.36. The summed E-state index contributed by atoms with van der Waals surface area (Å²) in [5.41, 5.74) is 10.5. The van der Waals surface area contributed by atoms with Gasteiger partial charge in [0.1, 0.15) is 5.82 Å². The van der Waals surface area contributed by atoms with E-state index in [0.717, 1.165) is 18.7 Å². The van der Waals surface area contributed by atoms with E-state index in [9.17, 15) is 4.39 Å². The van der Waals surface area contributed by atoms with Crippen LogP contribution in [0.2, 0.25) is 0 Å². The fourth-order valence-electron chi connectivity index (χ4n) is 2.39. The second-order valence-electron chi connectivity index (χ2n) is 5.56. The Morgan fingerprint density at radius 2 is 1.86 bits per heavy atom. The first-order valence-corrected chi connectivity index (χ1v) is 7.12. The number of aromatic nitrogens is 1. The molecule has 1 heterocycles. The first-order valence-electron chi connectivity index (χ1n) is 7.12. The Kier molecular flexibility index (Phi) is 4.91. The van der Waals surface area contributed by atoms with E-state index in [4.69, 9.17) is 5.73 Å². The van der Waals surface area contributed by atoms with E-state index >= 15 is 0 Å². The van der Waals surface area contributed by atoms with E-state index in [-0.39, 0.29) is 11.9 Å². The summed E-state index contributed by atoms with van der Waals surface area (Å²) in [6, 6.07) is 9.35. The molecule has 1 aromatic carbocycles. The van der Waals surface area contributed by atoms with Gasteiger partial charge in [0.15, 0.2) is 0 Å². The third-order valence-corrected chi connectivity index (χ3v) is 3.55. The van der Waals surface area contributed by atoms with Crippen molar-refractivity contribution in [3.8, 4) is 0 Å². The van der Waals surface area contributed by atoms with E-state index in [2.05, 4.69) is 49.0 Å². The van der Waals surface area contributed by atoms with Crippen LogP contribution in [0.4, 0.5) is 10.1 Å². The van der Waals surface area contributed by atoms with Gasteiger partial charge in [0.2, 0.25) is 0 Å². The molecule has 2 rings (SSSR count). The molecule has 0 fully saturated rings. The Labute approximate surface area is 125 Å². The van der Waals surface area contributed by atoms with Gasteiger partial charge in [-0.3, -0.25) is 4.98 Å². The zero-order chi connectivity index (χ0) is 15.4. The highest BCUT2D eigenvalue weighted by Crippen LogP contribution is 2.19. The van der Waals surface area contributed by atoms with E-state index in [1.54, 1.807) is 6.07 Å². The molecule has 2 N–H and O–H groups in total. The lowest BCUT2D eigenvalue weighted by atomic mass is 10.1. The standard InChI is InChI=1S/C17H22FN3/c1-12-8-13(2)10-15(9-12)21(3)7-6-16(19)17-5-4-14(18)11-20-17/h4-5,8-11,16H,6-7,19H2,1-3H3. The van der Waals surface area contributed by atoms with Crippen molar-refractivity contribution in [2.75, 3.05) is 18.5 Å². The lowest BCUT2D eigenvalue weighted by Gasteiger charge is -2.22. The molecule has 1 unspecified atom stereocenters. The lowest BCUT2D eigenvalue weighted by Crippen LogP contribution is -2.24. The summed E-state index contributed by atoms with van der Waals surface area (Å²) in [6.07, 6.45) is 1.98. The number of benzene rings is 1. The highest BCUT2D eigenvalue weighted by molar-refractivity contribution is 5.50. The van der Waals surface area contributed by atoms with Gasteiger partial charge >= 0.3 is 0 Å². The van der Waals surface area contributed by atoms with Crippen molar-refractivity contribution in [2.24, 2.45) is 5.73 Å². The maximum absolute atomic E-state index is 12.8. The molecular weight excluding hydrogens is 265 g/mol. The molecule has 0 aliphatic carbocycles. The molecule has 0 amide bonds. The second-order valence-corrected chi connectivity index (χ2v) is 5.56. The van der Waals surface area contributed by atoms with Crippen molar-refractivity contribution in [3.05, 3.63) is 59.2 Å². The van der Waals surface area contributed by atoms with E-state index < -0.39 is 0 Å². The fraction of sp³-hybridized carbons (Fsp3) is 0.353. The molecular formula is C17H22FN3. The van der Waals surface area contributed by atoms with Crippen molar-refractivity contribution < 1.29 is 4.39 Å². The molecule has 0 saturated carbocycles. The van der Waals surface area contributed by atoms with Gasteiger partial charge in [0.25, 0.3) is 0 Å². The first-order chi connectivity index (χ1) is 9.95. The molecule has 21 heavy (non-hydrogen) atoms. The summed E-state index contributed by atoms with van der Waals surface area (Å²) < 4.78 is 12.8. The number of anilines is 1. The number of halogens is 1. The van der Waals surface area contributed by atoms with Gasteiger partial charge in [-0.2, -0.15) is 0 Å². The Morgan fingerprint density at radius 1 is 1.19 bits per heavy atom. The Balaban J connectivity index is 1.97. The number of rotatable bonds is 5. The second kappa shape index (κ2) is 6.68. The number of pyridine rings is 1. The third kappa shape index (κ3) is 4.26. The lowest BCUT2D eigenvalue weighted by molar-refractivity contribution is 0.600. The van der Waals surface area contributed by atoms with Crippen molar-refractivity contribution in [1.82, 2.24) is 4.98 Å². The zero-order valence-corrected chi connectivity index (χ0v) is 12.8. The van der Waals surface area contributed by atoms with E-state index in [0.29, 0.717) is 0 Å². The average molecular weight is 287 g/mol. The Morgan fingerprint density at radius 3 is 2.43 bits per heavy atom. The van der Waals surface area contributed by atoms with Crippen LogP contribution in [0.25, 0.3) is 0 Å². The van der Waals surface area contributed by atoms with Crippen LogP contribution in [0.5, 0.6) is 0 Å². The minimum absolute atomic E-state index is 0.182. The fourth-order valence-corrected chi connectivity index (χ4v) is 2.39. The van der Waals surface area contributed by atoms with Crippen LogP contribution in [-0.2, 0) is 0 Å². The molecule has 2 aromatic rings. The summed E-state index contributed by atoms with van der Waals surface area (Å²) in [5, 5.41) is 0. The van der Waals surface area contributed by atoms with Crippen molar-refractivity contribution in [2.45, 2.75) is 26.3 Å². The molecule has 0 bridgehead atoms. The maximum atomic E-state index is 12.8. The van der Waals surface area contributed by atoms with Crippen LogP contribution in [0.1, 0.15) is 29.3 Å². The summed E-state index contributed by atoms with van der Waals surface area (Å²) >= 11 is 0. The topological polar surface area (TPSA) is 42.1 Å². The summed E-state index contributed by atoms with van der Waals surface area (Å²) in [4.78, 5) is 6.22. The van der Waals surface area contributed by atoms with E-state index in [1.165, 1.54) is 29.1 Å². The molecule has 3 nitrogen and oxygen atoms in total. The smallest absolute Gasteiger partial charge is 0.141 e. The van der Waals surface area contributed by atoms with Gasteiger partial charge in [0, 0.05) is 25.3 Å². The third-order valence-electron chi connectivity index (χ3n) is 3.55. The number of hydrogen-bond donors (Lipinski definition) is 1. The molecule has 0 radical (unpaired) electrons. The number of nitrogens with zero attached hydrogens (tertiary/aromatic N) is 2. The van der Waals surface area contributed by atoms with Gasteiger partial charge in [-0.15, -0.1) is 0 Å². The molecule has 0 aliphatic heterocycles. The van der Waals surface area contributed by atoms with Crippen LogP contribution in [0.3, 0.4) is 0 Å².